The minimum Gasteiger partial charge on any atom is -0.479 e. The van der Waals surface area contributed by atoms with E-state index in [0.717, 1.165) is 6.42 Å². The van der Waals surface area contributed by atoms with E-state index < -0.39 is 17.8 Å². The molecule has 1 aromatic heterocycles. The molecule has 1 saturated heterocycles. The van der Waals surface area contributed by atoms with Gasteiger partial charge in [-0.05, 0) is 24.6 Å². The van der Waals surface area contributed by atoms with Gasteiger partial charge < -0.3 is 24.6 Å². The Bertz CT molecular complexity index is 1080. The predicted octanol–water partition coefficient (Wildman–Crippen LogP) is 1.90. The number of fused-ring (bicyclic) bond motifs is 1. The zero-order chi connectivity index (χ0) is 23.5. The van der Waals surface area contributed by atoms with Crippen LogP contribution in [-0.2, 0) is 16.1 Å². The van der Waals surface area contributed by atoms with Crippen molar-refractivity contribution in [2.75, 3.05) is 31.6 Å². The lowest BCUT2D eigenvalue weighted by molar-refractivity contribution is -0.123. The number of carbonyl (C=O) groups excluding carboxylic acids is 3. The van der Waals surface area contributed by atoms with Gasteiger partial charge in [-0.1, -0.05) is 6.92 Å². The Balaban J connectivity index is 1.46. The van der Waals surface area contributed by atoms with Crippen LogP contribution in [0.2, 0.25) is 0 Å². The number of nitrogens with zero attached hydrogens (tertiary/aromatic N) is 3. The number of hydrogen-bond acceptors (Lipinski definition) is 6. The summed E-state index contributed by atoms with van der Waals surface area (Å²) in [5.41, 5.74) is 0.681. The van der Waals surface area contributed by atoms with E-state index in [2.05, 4.69) is 10.3 Å². The van der Waals surface area contributed by atoms with E-state index in [4.69, 9.17) is 9.47 Å². The summed E-state index contributed by atoms with van der Waals surface area (Å²) >= 11 is 0. The number of hydrogen-bond donors (Lipinski definition) is 1. The van der Waals surface area contributed by atoms with Crippen LogP contribution in [0.3, 0.4) is 0 Å². The number of aromatic nitrogens is 1. The lowest BCUT2D eigenvalue weighted by Gasteiger charge is -2.18. The number of halogens is 1. The van der Waals surface area contributed by atoms with Crippen molar-refractivity contribution in [2.24, 2.45) is 0 Å². The molecular formula is C23H25FN4O5. The van der Waals surface area contributed by atoms with E-state index in [0.29, 0.717) is 36.9 Å². The number of nitrogens with one attached hydrogen (secondary N) is 1. The SMILES string of the molecule is CCCOc1ccc(O[C@@H]2CCN(c3cc(F)c4c(c3)C(=O)N(CC(=O)NC)C4)C2=O)cn1. The third kappa shape index (κ3) is 4.59. The van der Waals surface area contributed by atoms with Crippen LogP contribution in [0.25, 0.3) is 0 Å². The Hall–Kier alpha value is -3.69. The Kier molecular flexibility index (Phi) is 6.43. The fraction of sp³-hybridized carbons (Fsp3) is 0.391. The molecule has 2 aliphatic rings. The zero-order valence-corrected chi connectivity index (χ0v) is 18.5. The summed E-state index contributed by atoms with van der Waals surface area (Å²) in [6, 6.07) is 6.11. The van der Waals surface area contributed by atoms with Crippen LogP contribution in [0, 0.1) is 5.82 Å². The second kappa shape index (κ2) is 9.43. The quantitative estimate of drug-likeness (QED) is 0.651. The van der Waals surface area contributed by atoms with Gasteiger partial charge in [0.1, 0.15) is 18.1 Å². The number of benzene rings is 1. The van der Waals surface area contributed by atoms with Gasteiger partial charge in [0.2, 0.25) is 11.8 Å². The van der Waals surface area contributed by atoms with Crippen molar-refractivity contribution in [2.45, 2.75) is 32.4 Å². The van der Waals surface area contributed by atoms with Crippen LogP contribution < -0.4 is 19.7 Å². The Morgan fingerprint density at radius 3 is 2.82 bits per heavy atom. The minimum atomic E-state index is -0.744. The highest BCUT2D eigenvalue weighted by atomic mass is 19.1. The van der Waals surface area contributed by atoms with E-state index in [-0.39, 0.29) is 36.0 Å². The van der Waals surface area contributed by atoms with Gasteiger partial charge in [0, 0.05) is 42.9 Å². The number of likely N-dealkylation sites (N-methyl/N-ethyl adjacent to an activating group) is 1. The first-order chi connectivity index (χ1) is 15.9. The molecular weight excluding hydrogens is 431 g/mol. The van der Waals surface area contributed by atoms with Crippen molar-refractivity contribution in [1.82, 2.24) is 15.2 Å². The van der Waals surface area contributed by atoms with Gasteiger partial charge in [0.25, 0.3) is 11.8 Å². The molecule has 2 aliphatic heterocycles. The van der Waals surface area contributed by atoms with Crippen LogP contribution in [0.15, 0.2) is 30.5 Å². The smallest absolute Gasteiger partial charge is 0.268 e. The average molecular weight is 456 g/mol. The van der Waals surface area contributed by atoms with Gasteiger partial charge >= 0.3 is 0 Å². The average Bonchev–Trinajstić information content (AvgIpc) is 3.33. The maximum absolute atomic E-state index is 14.8. The molecule has 1 fully saturated rings. The Labute approximate surface area is 190 Å². The van der Waals surface area contributed by atoms with E-state index in [1.807, 2.05) is 6.92 Å². The van der Waals surface area contributed by atoms with Crippen molar-refractivity contribution in [3.8, 4) is 11.6 Å². The van der Waals surface area contributed by atoms with Crippen LogP contribution in [0.4, 0.5) is 10.1 Å². The van der Waals surface area contributed by atoms with E-state index in [1.165, 1.54) is 35.2 Å². The third-order valence-corrected chi connectivity index (χ3v) is 5.57. The van der Waals surface area contributed by atoms with Gasteiger partial charge in [-0.15, -0.1) is 0 Å². The molecule has 33 heavy (non-hydrogen) atoms. The van der Waals surface area contributed by atoms with E-state index in [1.54, 1.807) is 12.1 Å². The summed E-state index contributed by atoms with van der Waals surface area (Å²) in [7, 11) is 1.47. The summed E-state index contributed by atoms with van der Waals surface area (Å²) in [5, 5.41) is 2.45. The number of pyridine rings is 1. The zero-order valence-electron chi connectivity index (χ0n) is 18.5. The lowest BCUT2D eigenvalue weighted by atomic mass is 10.1. The third-order valence-electron chi connectivity index (χ3n) is 5.57. The first-order valence-corrected chi connectivity index (χ1v) is 10.8. The standard InChI is InChI=1S/C23H25FN4O5/c1-3-8-32-21-5-4-15(11-26-21)33-19-6-7-28(23(19)31)14-9-16-17(18(24)10-14)12-27(22(16)30)13-20(29)25-2/h4-5,9-11,19H,3,6-8,12-13H2,1-2H3,(H,25,29)/t19-/m1/s1. The molecule has 2 aromatic rings. The minimum absolute atomic E-state index is 0.0123. The molecule has 0 bridgehead atoms. The topological polar surface area (TPSA) is 101 Å². The summed E-state index contributed by atoms with van der Waals surface area (Å²) in [6.45, 7) is 2.74. The maximum atomic E-state index is 14.8. The molecule has 9 nitrogen and oxygen atoms in total. The molecule has 3 amide bonds. The maximum Gasteiger partial charge on any atom is 0.268 e. The summed E-state index contributed by atoms with van der Waals surface area (Å²) in [4.78, 5) is 44.1. The van der Waals surface area contributed by atoms with Crippen molar-refractivity contribution in [3.05, 3.63) is 47.4 Å². The highest BCUT2D eigenvalue weighted by Crippen LogP contribution is 2.32. The van der Waals surface area contributed by atoms with E-state index in [9.17, 15) is 18.8 Å². The first kappa shape index (κ1) is 22.5. The van der Waals surface area contributed by atoms with Gasteiger partial charge in [-0.2, -0.15) is 0 Å². The summed E-state index contributed by atoms with van der Waals surface area (Å²) in [6.07, 6.45) is 2.02. The normalized spacial score (nSPS) is 17.4. The molecule has 0 saturated carbocycles. The molecule has 3 heterocycles. The molecule has 10 heteroatoms. The predicted molar refractivity (Wildman–Crippen MR) is 117 cm³/mol. The second-order valence-corrected chi connectivity index (χ2v) is 7.85. The largest absolute Gasteiger partial charge is 0.479 e. The fourth-order valence-electron chi connectivity index (χ4n) is 3.85. The van der Waals surface area contributed by atoms with Gasteiger partial charge in [-0.3, -0.25) is 14.4 Å². The summed E-state index contributed by atoms with van der Waals surface area (Å²) in [5.74, 6) is -0.782. The first-order valence-electron chi connectivity index (χ1n) is 10.8. The van der Waals surface area contributed by atoms with Crippen molar-refractivity contribution in [3.63, 3.8) is 0 Å². The Morgan fingerprint density at radius 1 is 1.30 bits per heavy atom. The van der Waals surface area contributed by atoms with E-state index >= 15 is 0 Å². The van der Waals surface area contributed by atoms with Gasteiger partial charge in [0.15, 0.2) is 6.10 Å². The highest BCUT2D eigenvalue weighted by molar-refractivity contribution is 6.03. The number of rotatable bonds is 8. The molecule has 0 unspecified atom stereocenters. The lowest BCUT2D eigenvalue weighted by Crippen LogP contribution is -2.35. The molecule has 174 valence electrons. The number of anilines is 1. The highest BCUT2D eigenvalue weighted by Gasteiger charge is 2.37. The number of carbonyl (C=O) groups is 3. The van der Waals surface area contributed by atoms with Crippen LogP contribution in [-0.4, -0.2) is 60.5 Å². The van der Waals surface area contributed by atoms with Crippen molar-refractivity contribution in [1.29, 1.82) is 0 Å². The summed E-state index contributed by atoms with van der Waals surface area (Å²) < 4.78 is 26.0. The Morgan fingerprint density at radius 2 is 2.12 bits per heavy atom. The fourth-order valence-corrected chi connectivity index (χ4v) is 3.85. The van der Waals surface area contributed by atoms with Crippen LogP contribution >= 0.6 is 0 Å². The van der Waals surface area contributed by atoms with Crippen LogP contribution in [0.5, 0.6) is 11.6 Å². The molecule has 0 spiro atoms. The molecule has 4 rings (SSSR count). The molecule has 1 N–H and O–H groups in total. The second-order valence-electron chi connectivity index (χ2n) is 7.85. The number of ether oxygens (including phenoxy) is 2. The molecule has 1 aromatic carbocycles. The molecule has 0 aliphatic carbocycles. The van der Waals surface area contributed by atoms with Crippen molar-refractivity contribution < 1.29 is 28.2 Å². The monoisotopic (exact) mass is 456 g/mol. The van der Waals surface area contributed by atoms with Gasteiger partial charge in [0.05, 0.1) is 19.3 Å². The molecule has 0 radical (unpaired) electrons. The van der Waals surface area contributed by atoms with Crippen molar-refractivity contribution >= 4 is 23.4 Å². The molecule has 1 atom stereocenters. The van der Waals surface area contributed by atoms with Crippen LogP contribution in [0.1, 0.15) is 35.7 Å². The van der Waals surface area contributed by atoms with Gasteiger partial charge in [-0.25, -0.2) is 9.37 Å². The number of amides is 3.